The van der Waals surface area contributed by atoms with Crippen molar-refractivity contribution in [1.82, 2.24) is 20.0 Å². The molecule has 2 N–H and O–H groups in total. The molecule has 0 spiro atoms. The van der Waals surface area contributed by atoms with Gasteiger partial charge in [0.2, 0.25) is 5.91 Å². The molecule has 0 unspecified atom stereocenters. The van der Waals surface area contributed by atoms with Crippen LogP contribution in [0, 0.1) is 18.8 Å². The first-order valence-corrected chi connectivity index (χ1v) is 10.1. The highest BCUT2D eigenvalue weighted by molar-refractivity contribution is 7.99. The highest BCUT2D eigenvalue weighted by Gasteiger charge is 2.42. The minimum atomic E-state index is 0.109. The summed E-state index contributed by atoms with van der Waals surface area (Å²) in [6.07, 6.45) is 6.62. The number of rotatable bonds is 8. The third kappa shape index (κ3) is 4.32. The van der Waals surface area contributed by atoms with Crippen LogP contribution >= 0.6 is 11.8 Å². The summed E-state index contributed by atoms with van der Waals surface area (Å²) in [4.78, 5) is 14.4. The molecule has 2 fully saturated rings. The first-order chi connectivity index (χ1) is 11.6. The molecule has 1 aliphatic carbocycles. The quantitative estimate of drug-likeness (QED) is 0.727. The number of aromatic nitrogens is 2. The Morgan fingerprint density at radius 3 is 2.92 bits per heavy atom. The van der Waals surface area contributed by atoms with E-state index in [9.17, 15) is 4.79 Å². The number of carbonyl (C=O) groups excluding carboxylic acids is 1. The Morgan fingerprint density at radius 1 is 1.46 bits per heavy atom. The van der Waals surface area contributed by atoms with Crippen LogP contribution in [0.2, 0.25) is 0 Å². The van der Waals surface area contributed by atoms with Gasteiger partial charge in [-0.1, -0.05) is 0 Å². The molecule has 1 aliphatic heterocycles. The summed E-state index contributed by atoms with van der Waals surface area (Å²) >= 11 is 1.57. The highest BCUT2D eigenvalue weighted by Crippen LogP contribution is 2.41. The minimum Gasteiger partial charge on any atom is -0.394 e. The van der Waals surface area contributed by atoms with E-state index in [4.69, 9.17) is 5.11 Å². The standard InChI is InChI=1S/C17H28N4O2S/c1-12-14(8-21(19-12)5-6-22)7-20-9-15(13-3-4-13)16(10-20)18-17(23)11-24-2/h8,13,15-16,22H,3-7,9-11H2,1-2H3,(H,18,23)/t15-,16+/m0/s1. The molecular weight excluding hydrogens is 324 g/mol. The van der Waals surface area contributed by atoms with Crippen molar-refractivity contribution in [1.29, 1.82) is 0 Å². The summed E-state index contributed by atoms with van der Waals surface area (Å²) in [5.74, 6) is 2.07. The summed E-state index contributed by atoms with van der Waals surface area (Å²) in [6, 6.07) is 0.282. The monoisotopic (exact) mass is 352 g/mol. The molecule has 2 aliphatic rings. The molecular formula is C17H28N4O2S. The number of aryl methyl sites for hydroxylation is 1. The number of nitrogens with one attached hydrogen (secondary N) is 1. The van der Waals surface area contributed by atoms with Gasteiger partial charge in [0, 0.05) is 37.4 Å². The summed E-state index contributed by atoms with van der Waals surface area (Å²) < 4.78 is 1.82. The number of aliphatic hydroxyl groups excluding tert-OH is 1. The van der Waals surface area contributed by atoms with Crippen molar-refractivity contribution in [3.63, 3.8) is 0 Å². The van der Waals surface area contributed by atoms with Gasteiger partial charge in [-0.25, -0.2) is 0 Å². The fourth-order valence-corrected chi connectivity index (χ4v) is 4.09. The van der Waals surface area contributed by atoms with Crippen LogP contribution in [0.3, 0.4) is 0 Å². The van der Waals surface area contributed by atoms with Gasteiger partial charge >= 0.3 is 0 Å². The first kappa shape index (κ1) is 17.8. The van der Waals surface area contributed by atoms with Gasteiger partial charge in [0.25, 0.3) is 0 Å². The lowest BCUT2D eigenvalue weighted by Crippen LogP contribution is -2.42. The number of carbonyl (C=O) groups is 1. The first-order valence-electron chi connectivity index (χ1n) is 8.75. The van der Waals surface area contributed by atoms with Crippen LogP contribution in [0.1, 0.15) is 24.1 Å². The summed E-state index contributed by atoms with van der Waals surface area (Å²) in [7, 11) is 0. The summed E-state index contributed by atoms with van der Waals surface area (Å²) in [6.45, 7) is 5.52. The van der Waals surface area contributed by atoms with E-state index in [2.05, 4.69) is 15.3 Å². The maximum Gasteiger partial charge on any atom is 0.230 e. The van der Waals surface area contributed by atoms with E-state index in [0.29, 0.717) is 18.2 Å². The van der Waals surface area contributed by atoms with Crippen LogP contribution in [0.15, 0.2) is 6.20 Å². The van der Waals surface area contributed by atoms with Crippen LogP contribution in [0.25, 0.3) is 0 Å². The fourth-order valence-electron chi connectivity index (χ4n) is 3.75. The zero-order chi connectivity index (χ0) is 17.1. The number of thioether (sulfide) groups is 1. The third-order valence-electron chi connectivity index (χ3n) is 5.06. The fraction of sp³-hybridized carbons (Fsp3) is 0.765. The zero-order valence-corrected chi connectivity index (χ0v) is 15.4. The smallest absolute Gasteiger partial charge is 0.230 e. The van der Waals surface area contributed by atoms with E-state index in [1.54, 1.807) is 11.8 Å². The number of hydrogen-bond donors (Lipinski definition) is 2. The molecule has 1 saturated heterocycles. The van der Waals surface area contributed by atoms with Gasteiger partial charge in [0.1, 0.15) is 0 Å². The van der Waals surface area contributed by atoms with Gasteiger partial charge in [-0.2, -0.15) is 16.9 Å². The predicted molar refractivity (Wildman–Crippen MR) is 95.9 cm³/mol. The Kier molecular flexibility index (Phi) is 5.84. The van der Waals surface area contributed by atoms with Crippen molar-refractivity contribution in [2.45, 2.75) is 38.9 Å². The Labute approximate surface area is 148 Å². The molecule has 7 heteroatoms. The molecule has 0 radical (unpaired) electrons. The van der Waals surface area contributed by atoms with E-state index in [1.165, 1.54) is 18.4 Å². The topological polar surface area (TPSA) is 70.4 Å². The summed E-state index contributed by atoms with van der Waals surface area (Å²) in [5, 5.41) is 16.8. The lowest BCUT2D eigenvalue weighted by molar-refractivity contribution is -0.119. The van der Waals surface area contributed by atoms with Crippen molar-refractivity contribution < 1.29 is 9.90 Å². The lowest BCUT2D eigenvalue weighted by atomic mass is 9.98. The van der Waals surface area contributed by atoms with Crippen molar-refractivity contribution >= 4 is 17.7 Å². The van der Waals surface area contributed by atoms with Crippen LogP contribution in [-0.4, -0.2) is 63.4 Å². The Morgan fingerprint density at radius 2 is 2.25 bits per heavy atom. The molecule has 1 aromatic rings. The molecule has 1 aromatic heterocycles. The lowest BCUT2D eigenvalue weighted by Gasteiger charge is -2.19. The predicted octanol–water partition coefficient (Wildman–Crippen LogP) is 0.873. The number of hydrogen-bond acceptors (Lipinski definition) is 5. The van der Waals surface area contributed by atoms with Crippen molar-refractivity contribution in [3.8, 4) is 0 Å². The minimum absolute atomic E-state index is 0.109. The number of nitrogens with zero attached hydrogens (tertiary/aromatic N) is 3. The Hall–Kier alpha value is -1.05. The maximum absolute atomic E-state index is 12.0. The van der Waals surface area contributed by atoms with Crippen molar-refractivity contribution in [2.24, 2.45) is 11.8 Å². The van der Waals surface area contributed by atoms with E-state index in [1.807, 2.05) is 24.1 Å². The number of aliphatic hydroxyl groups is 1. The van der Waals surface area contributed by atoms with E-state index in [0.717, 1.165) is 31.2 Å². The average molecular weight is 353 g/mol. The van der Waals surface area contributed by atoms with Crippen LogP contribution in [-0.2, 0) is 17.9 Å². The molecule has 24 heavy (non-hydrogen) atoms. The molecule has 0 aromatic carbocycles. The molecule has 1 saturated carbocycles. The second-order valence-electron chi connectivity index (χ2n) is 7.03. The molecule has 2 heterocycles. The molecule has 6 nitrogen and oxygen atoms in total. The van der Waals surface area contributed by atoms with Gasteiger partial charge in [0.15, 0.2) is 0 Å². The van der Waals surface area contributed by atoms with Gasteiger partial charge in [-0.05, 0) is 37.9 Å². The normalized spacial score (nSPS) is 24.5. The Balaban J connectivity index is 1.61. The van der Waals surface area contributed by atoms with Crippen LogP contribution < -0.4 is 5.32 Å². The second kappa shape index (κ2) is 7.89. The largest absolute Gasteiger partial charge is 0.394 e. The van der Waals surface area contributed by atoms with Crippen molar-refractivity contribution in [2.75, 3.05) is 31.7 Å². The second-order valence-corrected chi connectivity index (χ2v) is 7.89. The average Bonchev–Trinajstić information content (AvgIpc) is 3.21. The molecule has 0 bridgehead atoms. The summed E-state index contributed by atoms with van der Waals surface area (Å²) in [5.41, 5.74) is 2.25. The van der Waals surface area contributed by atoms with Gasteiger partial charge in [-0.15, -0.1) is 0 Å². The van der Waals surface area contributed by atoms with Crippen LogP contribution in [0.4, 0.5) is 0 Å². The zero-order valence-electron chi connectivity index (χ0n) is 14.6. The maximum atomic E-state index is 12.0. The third-order valence-corrected chi connectivity index (χ3v) is 5.61. The van der Waals surface area contributed by atoms with Crippen LogP contribution in [0.5, 0.6) is 0 Å². The van der Waals surface area contributed by atoms with Gasteiger partial charge in [0.05, 0.1) is 24.6 Å². The number of amides is 1. The SMILES string of the molecule is CSCC(=O)N[C@@H]1CN(Cc2cn(CCO)nc2C)C[C@H]1C1CC1. The molecule has 2 atom stereocenters. The van der Waals surface area contributed by atoms with Crippen molar-refractivity contribution in [3.05, 3.63) is 17.5 Å². The Bertz CT molecular complexity index is 573. The van der Waals surface area contributed by atoms with E-state index >= 15 is 0 Å². The van der Waals surface area contributed by atoms with Gasteiger partial charge in [-0.3, -0.25) is 14.4 Å². The number of likely N-dealkylation sites (tertiary alicyclic amines) is 1. The molecule has 3 rings (SSSR count). The van der Waals surface area contributed by atoms with E-state index < -0.39 is 0 Å². The van der Waals surface area contributed by atoms with Gasteiger partial charge < -0.3 is 10.4 Å². The molecule has 1 amide bonds. The molecule has 134 valence electrons. The highest BCUT2D eigenvalue weighted by atomic mass is 32.2. The van der Waals surface area contributed by atoms with E-state index in [-0.39, 0.29) is 18.6 Å².